The van der Waals surface area contributed by atoms with E-state index < -0.39 is 30.8 Å². The quantitative estimate of drug-likeness (QED) is 0.577. The minimum atomic E-state index is -1.30. The van der Waals surface area contributed by atoms with Crippen LogP contribution in [0.5, 0.6) is 0 Å². The SMILES string of the molecule is O=C1[C@H](n2cncn2)O[C@H](CO)[C@H]1O. The van der Waals surface area contributed by atoms with E-state index >= 15 is 0 Å². The Morgan fingerprint density at radius 3 is 2.93 bits per heavy atom. The molecular weight excluding hydrogens is 190 g/mol. The molecule has 76 valence electrons. The van der Waals surface area contributed by atoms with Gasteiger partial charge in [0.1, 0.15) is 24.9 Å². The van der Waals surface area contributed by atoms with Crippen LogP contribution in [0, 0.1) is 0 Å². The van der Waals surface area contributed by atoms with Gasteiger partial charge in [-0.1, -0.05) is 0 Å². The van der Waals surface area contributed by atoms with Crippen molar-refractivity contribution >= 4 is 5.78 Å². The first-order valence-electron chi connectivity index (χ1n) is 4.06. The lowest BCUT2D eigenvalue weighted by Gasteiger charge is -2.09. The first-order valence-corrected chi connectivity index (χ1v) is 4.06. The molecule has 2 N–H and O–H groups in total. The van der Waals surface area contributed by atoms with Crippen LogP contribution in [0.15, 0.2) is 12.7 Å². The second-order valence-electron chi connectivity index (χ2n) is 2.93. The lowest BCUT2D eigenvalue weighted by Crippen LogP contribution is -2.29. The summed E-state index contributed by atoms with van der Waals surface area (Å²) >= 11 is 0. The van der Waals surface area contributed by atoms with Crippen molar-refractivity contribution in [3.63, 3.8) is 0 Å². The first-order chi connectivity index (χ1) is 6.74. The lowest BCUT2D eigenvalue weighted by atomic mass is 10.2. The van der Waals surface area contributed by atoms with Gasteiger partial charge < -0.3 is 14.9 Å². The van der Waals surface area contributed by atoms with Crippen molar-refractivity contribution in [3.05, 3.63) is 12.7 Å². The molecule has 7 heteroatoms. The first kappa shape index (κ1) is 9.25. The van der Waals surface area contributed by atoms with Crippen LogP contribution in [-0.4, -0.2) is 49.6 Å². The van der Waals surface area contributed by atoms with Gasteiger partial charge in [-0.05, 0) is 0 Å². The van der Waals surface area contributed by atoms with E-state index in [2.05, 4.69) is 10.1 Å². The molecule has 0 saturated carbocycles. The number of aliphatic hydroxyl groups is 2. The van der Waals surface area contributed by atoms with Crippen LogP contribution in [0.3, 0.4) is 0 Å². The molecule has 0 unspecified atom stereocenters. The standard InChI is InChI=1S/C7H9N3O4/c11-1-4-5(12)6(13)7(14-4)10-3-8-2-9-10/h2-5,7,11-12H,1H2/t4-,5-,7-/m1/s1. The summed E-state index contributed by atoms with van der Waals surface area (Å²) in [5.74, 6) is -0.519. The van der Waals surface area contributed by atoms with Gasteiger partial charge in [-0.2, -0.15) is 5.10 Å². The van der Waals surface area contributed by atoms with Gasteiger partial charge >= 0.3 is 0 Å². The molecule has 1 aliphatic heterocycles. The van der Waals surface area contributed by atoms with E-state index in [-0.39, 0.29) is 0 Å². The van der Waals surface area contributed by atoms with Gasteiger partial charge in [-0.15, -0.1) is 0 Å². The highest BCUT2D eigenvalue weighted by Crippen LogP contribution is 2.23. The highest BCUT2D eigenvalue weighted by molar-refractivity contribution is 5.87. The fourth-order valence-corrected chi connectivity index (χ4v) is 1.31. The maximum atomic E-state index is 11.4. The molecular formula is C7H9N3O4. The van der Waals surface area contributed by atoms with Crippen LogP contribution in [-0.2, 0) is 9.53 Å². The summed E-state index contributed by atoms with van der Waals surface area (Å²) in [6.07, 6.45) is -0.583. The largest absolute Gasteiger partial charge is 0.394 e. The normalized spacial score (nSPS) is 32.4. The van der Waals surface area contributed by atoms with Crippen LogP contribution >= 0.6 is 0 Å². The predicted octanol–water partition coefficient (Wildman–Crippen LogP) is -1.90. The van der Waals surface area contributed by atoms with E-state index in [4.69, 9.17) is 9.84 Å². The number of rotatable bonds is 2. The van der Waals surface area contributed by atoms with Crippen LogP contribution < -0.4 is 0 Å². The third-order valence-corrected chi connectivity index (χ3v) is 2.05. The zero-order chi connectivity index (χ0) is 10.1. The average Bonchev–Trinajstić information content (AvgIpc) is 2.78. The molecule has 0 amide bonds. The number of ketones is 1. The number of carbonyl (C=O) groups is 1. The van der Waals surface area contributed by atoms with E-state index in [0.717, 1.165) is 0 Å². The van der Waals surface area contributed by atoms with Crippen molar-refractivity contribution < 1.29 is 19.7 Å². The number of nitrogens with zero attached hydrogens (tertiary/aromatic N) is 3. The average molecular weight is 199 g/mol. The Morgan fingerprint density at radius 1 is 1.64 bits per heavy atom. The topological polar surface area (TPSA) is 97.5 Å². The zero-order valence-corrected chi connectivity index (χ0v) is 7.15. The molecule has 0 spiro atoms. The van der Waals surface area contributed by atoms with Crippen molar-refractivity contribution in [2.24, 2.45) is 0 Å². The summed E-state index contributed by atoms with van der Waals surface area (Å²) in [6, 6.07) is 0. The zero-order valence-electron chi connectivity index (χ0n) is 7.15. The van der Waals surface area contributed by atoms with Gasteiger partial charge in [0, 0.05) is 0 Å². The van der Waals surface area contributed by atoms with Crippen molar-refractivity contribution in [3.8, 4) is 0 Å². The molecule has 1 aromatic heterocycles. The van der Waals surface area contributed by atoms with Gasteiger partial charge in [0.25, 0.3) is 0 Å². The molecule has 1 aromatic rings. The number of ether oxygens (including phenoxy) is 1. The Hall–Kier alpha value is -1.31. The lowest BCUT2D eigenvalue weighted by molar-refractivity contribution is -0.130. The van der Waals surface area contributed by atoms with E-state index in [9.17, 15) is 9.90 Å². The van der Waals surface area contributed by atoms with Crippen molar-refractivity contribution in [1.82, 2.24) is 14.8 Å². The summed E-state index contributed by atoms with van der Waals surface area (Å²) in [5.41, 5.74) is 0. The Morgan fingerprint density at radius 2 is 2.43 bits per heavy atom. The molecule has 2 rings (SSSR count). The molecule has 2 heterocycles. The highest BCUT2D eigenvalue weighted by atomic mass is 16.6. The summed E-state index contributed by atoms with van der Waals surface area (Å²) in [5, 5.41) is 21.8. The Kier molecular flexibility index (Phi) is 2.28. The monoisotopic (exact) mass is 199 g/mol. The van der Waals surface area contributed by atoms with Gasteiger partial charge in [0.2, 0.25) is 12.0 Å². The Labute approximate surface area is 78.9 Å². The summed E-state index contributed by atoms with van der Waals surface area (Å²) in [4.78, 5) is 15.1. The Balaban J connectivity index is 2.20. The summed E-state index contributed by atoms with van der Waals surface area (Å²) < 4.78 is 6.29. The van der Waals surface area contributed by atoms with Crippen LogP contribution in [0.4, 0.5) is 0 Å². The minimum Gasteiger partial charge on any atom is -0.394 e. The minimum absolute atomic E-state index is 0.405. The molecule has 1 aliphatic rings. The number of aliphatic hydroxyl groups excluding tert-OH is 2. The number of hydrogen-bond donors (Lipinski definition) is 2. The third kappa shape index (κ3) is 1.31. The second-order valence-corrected chi connectivity index (χ2v) is 2.93. The number of Topliss-reactive ketones (excluding diaryl/α,β-unsaturated/α-hetero) is 1. The maximum Gasteiger partial charge on any atom is 0.215 e. The molecule has 0 aromatic carbocycles. The van der Waals surface area contributed by atoms with E-state index in [0.29, 0.717) is 0 Å². The second kappa shape index (κ2) is 3.45. The number of aromatic nitrogens is 3. The van der Waals surface area contributed by atoms with Crippen LogP contribution in [0.25, 0.3) is 0 Å². The summed E-state index contributed by atoms with van der Waals surface area (Å²) in [6.45, 7) is -0.405. The molecule has 1 saturated heterocycles. The van der Waals surface area contributed by atoms with Crippen LogP contribution in [0.2, 0.25) is 0 Å². The maximum absolute atomic E-state index is 11.4. The fraction of sp³-hybridized carbons (Fsp3) is 0.571. The molecule has 7 nitrogen and oxygen atoms in total. The van der Waals surface area contributed by atoms with E-state index in [1.165, 1.54) is 17.3 Å². The molecule has 3 atom stereocenters. The van der Waals surface area contributed by atoms with Crippen molar-refractivity contribution in [2.45, 2.75) is 18.4 Å². The van der Waals surface area contributed by atoms with Gasteiger partial charge in [0.15, 0.2) is 0 Å². The van der Waals surface area contributed by atoms with Gasteiger partial charge in [0.05, 0.1) is 6.61 Å². The van der Waals surface area contributed by atoms with Gasteiger partial charge in [-0.3, -0.25) is 4.79 Å². The smallest absolute Gasteiger partial charge is 0.215 e. The predicted molar refractivity (Wildman–Crippen MR) is 42.0 cm³/mol. The van der Waals surface area contributed by atoms with Crippen LogP contribution in [0.1, 0.15) is 6.23 Å². The third-order valence-electron chi connectivity index (χ3n) is 2.05. The Bertz CT molecular complexity index is 326. The molecule has 0 aliphatic carbocycles. The number of carbonyl (C=O) groups excluding carboxylic acids is 1. The number of hydrogen-bond acceptors (Lipinski definition) is 6. The van der Waals surface area contributed by atoms with Crippen molar-refractivity contribution in [2.75, 3.05) is 6.61 Å². The van der Waals surface area contributed by atoms with Crippen molar-refractivity contribution in [1.29, 1.82) is 0 Å². The van der Waals surface area contributed by atoms with Gasteiger partial charge in [-0.25, -0.2) is 9.67 Å². The van der Waals surface area contributed by atoms with E-state index in [1.807, 2.05) is 0 Å². The molecule has 14 heavy (non-hydrogen) atoms. The highest BCUT2D eigenvalue weighted by Gasteiger charge is 2.43. The summed E-state index contributed by atoms with van der Waals surface area (Å²) in [7, 11) is 0. The molecule has 0 bridgehead atoms. The van der Waals surface area contributed by atoms with E-state index in [1.54, 1.807) is 0 Å². The fourth-order valence-electron chi connectivity index (χ4n) is 1.31. The molecule has 1 fully saturated rings. The molecule has 0 radical (unpaired) electrons.